The fraction of sp³-hybridized carbons (Fsp3) is 0.150. The highest BCUT2D eigenvalue weighted by Gasteiger charge is 2.37. The summed E-state index contributed by atoms with van der Waals surface area (Å²) in [5.74, 6) is -1.75. The predicted octanol–water partition coefficient (Wildman–Crippen LogP) is 2.07. The molecule has 144 valence electrons. The van der Waals surface area contributed by atoms with Crippen molar-refractivity contribution in [2.75, 3.05) is 0 Å². The normalized spacial score (nSPS) is 14.1. The van der Waals surface area contributed by atoms with Gasteiger partial charge in [0.05, 0.1) is 11.6 Å². The highest BCUT2D eigenvalue weighted by molar-refractivity contribution is 5.92. The number of nitrogens with two attached hydrogens (primary N) is 1. The molecule has 4 N–H and O–H groups in total. The Hall–Kier alpha value is -3.39. The van der Waals surface area contributed by atoms with Crippen LogP contribution in [-0.4, -0.2) is 21.9 Å². The Labute approximate surface area is 159 Å². The lowest BCUT2D eigenvalue weighted by Gasteiger charge is -2.37. The molecule has 0 unspecified atom stereocenters. The number of aromatic nitrogens is 2. The third kappa shape index (κ3) is 3.81. The van der Waals surface area contributed by atoms with Crippen LogP contribution in [0.25, 0.3) is 0 Å². The Morgan fingerprint density at radius 2 is 1.86 bits per heavy atom. The lowest BCUT2D eigenvalue weighted by Crippen LogP contribution is -2.55. The molecule has 3 aromatic rings. The van der Waals surface area contributed by atoms with Gasteiger partial charge in [-0.1, -0.05) is 18.2 Å². The summed E-state index contributed by atoms with van der Waals surface area (Å²) >= 11 is 0. The van der Waals surface area contributed by atoms with Gasteiger partial charge in [-0.15, -0.1) is 0 Å². The second-order valence-electron chi connectivity index (χ2n) is 6.37. The van der Waals surface area contributed by atoms with Crippen LogP contribution in [0, 0.1) is 11.8 Å². The fourth-order valence-corrected chi connectivity index (χ4v) is 3.02. The minimum atomic E-state index is -1.39. The second kappa shape index (κ2) is 7.69. The van der Waals surface area contributed by atoms with E-state index in [-0.39, 0.29) is 5.69 Å². The molecule has 2 atom stereocenters. The van der Waals surface area contributed by atoms with Gasteiger partial charge in [0.2, 0.25) is 11.5 Å². The maximum atomic E-state index is 13.8. The van der Waals surface area contributed by atoms with Crippen LogP contribution in [0.4, 0.5) is 8.78 Å². The van der Waals surface area contributed by atoms with Gasteiger partial charge in [-0.25, -0.2) is 9.37 Å². The molecule has 0 saturated carbocycles. The Morgan fingerprint density at radius 1 is 1.14 bits per heavy atom. The molecule has 1 amide bonds. The summed E-state index contributed by atoms with van der Waals surface area (Å²) in [5, 5.41) is 2.72. The summed E-state index contributed by atoms with van der Waals surface area (Å²) in [6.45, 7) is 1.64. The van der Waals surface area contributed by atoms with Crippen LogP contribution in [-0.2, 0) is 5.54 Å². The first kappa shape index (κ1) is 19.4. The number of aromatic amines is 1. The van der Waals surface area contributed by atoms with E-state index in [1.165, 1.54) is 54.7 Å². The molecule has 0 radical (unpaired) electrons. The summed E-state index contributed by atoms with van der Waals surface area (Å²) in [6.07, 6.45) is 1.26. The SMILES string of the molecule is C[C@H](NC(=O)c1cccc(=O)[nH]1)[C@@](N)(c1ccc(F)cc1)c1ccnc(F)c1. The molecule has 0 aliphatic heterocycles. The largest absolute Gasteiger partial charge is 0.346 e. The Bertz CT molecular complexity index is 1050. The molecule has 0 aliphatic rings. The molecule has 3 rings (SSSR count). The summed E-state index contributed by atoms with van der Waals surface area (Å²) in [4.78, 5) is 30.0. The van der Waals surface area contributed by atoms with Gasteiger partial charge in [0.25, 0.3) is 5.91 Å². The summed E-state index contributed by atoms with van der Waals surface area (Å²) < 4.78 is 27.2. The van der Waals surface area contributed by atoms with Gasteiger partial charge < -0.3 is 16.0 Å². The van der Waals surface area contributed by atoms with Gasteiger partial charge in [0.1, 0.15) is 11.5 Å². The molecule has 2 aromatic heterocycles. The van der Waals surface area contributed by atoms with E-state index >= 15 is 0 Å². The number of pyridine rings is 2. The third-order valence-electron chi connectivity index (χ3n) is 4.57. The van der Waals surface area contributed by atoms with Crippen LogP contribution in [0.1, 0.15) is 28.5 Å². The van der Waals surface area contributed by atoms with Crippen molar-refractivity contribution in [3.8, 4) is 0 Å². The minimum absolute atomic E-state index is 0.0571. The third-order valence-corrected chi connectivity index (χ3v) is 4.57. The monoisotopic (exact) mass is 384 g/mol. The number of halogens is 2. The molecule has 8 heteroatoms. The number of hydrogen-bond acceptors (Lipinski definition) is 4. The van der Waals surface area contributed by atoms with E-state index in [9.17, 15) is 18.4 Å². The zero-order valence-electron chi connectivity index (χ0n) is 14.9. The molecular weight excluding hydrogens is 366 g/mol. The van der Waals surface area contributed by atoms with Crippen LogP contribution in [0.2, 0.25) is 0 Å². The lowest BCUT2D eigenvalue weighted by atomic mass is 9.78. The quantitative estimate of drug-likeness (QED) is 0.586. The predicted molar refractivity (Wildman–Crippen MR) is 99.6 cm³/mol. The van der Waals surface area contributed by atoms with Gasteiger partial charge in [0.15, 0.2) is 0 Å². The fourth-order valence-electron chi connectivity index (χ4n) is 3.02. The summed E-state index contributed by atoms with van der Waals surface area (Å²) in [7, 11) is 0. The van der Waals surface area contributed by atoms with E-state index < -0.39 is 34.8 Å². The first-order chi connectivity index (χ1) is 13.3. The van der Waals surface area contributed by atoms with Gasteiger partial charge in [-0.3, -0.25) is 9.59 Å². The lowest BCUT2D eigenvalue weighted by molar-refractivity contribution is 0.0920. The van der Waals surface area contributed by atoms with Crippen molar-refractivity contribution in [3.63, 3.8) is 0 Å². The first-order valence-electron chi connectivity index (χ1n) is 8.48. The Balaban J connectivity index is 2.02. The van der Waals surface area contributed by atoms with Crippen molar-refractivity contribution in [1.82, 2.24) is 15.3 Å². The maximum Gasteiger partial charge on any atom is 0.268 e. The zero-order chi connectivity index (χ0) is 20.3. The van der Waals surface area contributed by atoms with E-state index in [4.69, 9.17) is 5.73 Å². The van der Waals surface area contributed by atoms with Crippen molar-refractivity contribution in [3.05, 3.63) is 99.7 Å². The summed E-state index contributed by atoms with van der Waals surface area (Å²) in [6, 6.07) is 11.5. The number of carbonyl (C=O) groups excluding carboxylic acids is 1. The molecule has 0 saturated heterocycles. The van der Waals surface area contributed by atoms with Crippen molar-refractivity contribution < 1.29 is 13.6 Å². The highest BCUT2D eigenvalue weighted by Crippen LogP contribution is 2.31. The van der Waals surface area contributed by atoms with Crippen molar-refractivity contribution in [2.24, 2.45) is 5.73 Å². The van der Waals surface area contributed by atoms with Crippen LogP contribution in [0.3, 0.4) is 0 Å². The van der Waals surface area contributed by atoms with Crippen molar-refractivity contribution >= 4 is 5.91 Å². The number of hydrogen-bond donors (Lipinski definition) is 3. The number of nitrogens with zero attached hydrogens (tertiary/aromatic N) is 1. The molecule has 1 aromatic carbocycles. The Morgan fingerprint density at radius 3 is 2.50 bits per heavy atom. The number of nitrogens with one attached hydrogen (secondary N) is 2. The van der Waals surface area contributed by atoms with Gasteiger partial charge >= 0.3 is 0 Å². The van der Waals surface area contributed by atoms with Crippen molar-refractivity contribution in [2.45, 2.75) is 18.5 Å². The van der Waals surface area contributed by atoms with Crippen molar-refractivity contribution in [1.29, 1.82) is 0 Å². The molecule has 28 heavy (non-hydrogen) atoms. The number of H-pyrrole nitrogens is 1. The van der Waals surface area contributed by atoms with Crippen LogP contribution in [0.5, 0.6) is 0 Å². The number of benzene rings is 1. The topological polar surface area (TPSA) is 101 Å². The van der Waals surface area contributed by atoms with Gasteiger partial charge in [-0.05, 0) is 48.4 Å². The molecule has 2 heterocycles. The molecule has 0 aliphatic carbocycles. The van der Waals surface area contributed by atoms with E-state index in [1.54, 1.807) is 6.92 Å². The average Bonchev–Trinajstić information content (AvgIpc) is 2.67. The van der Waals surface area contributed by atoms with E-state index in [2.05, 4.69) is 15.3 Å². The number of amides is 1. The standard InChI is InChI=1S/C20H18F2N4O2/c1-12(25-19(28)16-3-2-4-18(27)26-16)20(23,13-5-7-15(21)8-6-13)14-9-10-24-17(22)11-14/h2-12H,23H2,1H3,(H,25,28)(H,26,27)/t12-,20+/m0/s1. The minimum Gasteiger partial charge on any atom is -0.346 e. The zero-order valence-corrected chi connectivity index (χ0v) is 14.9. The molecule has 0 fully saturated rings. The second-order valence-corrected chi connectivity index (χ2v) is 6.37. The maximum absolute atomic E-state index is 13.8. The van der Waals surface area contributed by atoms with Crippen LogP contribution >= 0.6 is 0 Å². The molecule has 6 nitrogen and oxygen atoms in total. The van der Waals surface area contributed by atoms with Crippen LogP contribution in [0.15, 0.2) is 65.6 Å². The number of carbonyl (C=O) groups is 1. The first-order valence-corrected chi connectivity index (χ1v) is 8.48. The van der Waals surface area contributed by atoms with Crippen LogP contribution < -0.4 is 16.6 Å². The average molecular weight is 384 g/mol. The van der Waals surface area contributed by atoms with E-state index in [0.717, 1.165) is 6.07 Å². The van der Waals surface area contributed by atoms with E-state index in [0.29, 0.717) is 11.1 Å². The molecular formula is C20H18F2N4O2. The molecule has 0 bridgehead atoms. The Kier molecular flexibility index (Phi) is 5.32. The molecule has 0 spiro atoms. The smallest absolute Gasteiger partial charge is 0.268 e. The van der Waals surface area contributed by atoms with E-state index in [1.807, 2.05) is 0 Å². The summed E-state index contributed by atoms with van der Waals surface area (Å²) in [5.41, 5.74) is 5.72. The number of rotatable bonds is 5. The highest BCUT2D eigenvalue weighted by atomic mass is 19.1. The van der Waals surface area contributed by atoms with Gasteiger partial charge in [0, 0.05) is 12.3 Å². The van der Waals surface area contributed by atoms with Gasteiger partial charge in [-0.2, -0.15) is 4.39 Å².